The van der Waals surface area contributed by atoms with E-state index in [0.717, 1.165) is 0 Å². The van der Waals surface area contributed by atoms with Gasteiger partial charge in [0.2, 0.25) is 5.92 Å². The molecule has 0 aromatic heterocycles. The number of hydrogen-bond donors (Lipinski definition) is 0. The molecular formula is C6H4F8. The van der Waals surface area contributed by atoms with Crippen LogP contribution in [0.4, 0.5) is 35.1 Å². The first-order valence-corrected chi connectivity index (χ1v) is 3.07. The second-order valence-electron chi connectivity index (χ2n) is 2.39. The van der Waals surface area contributed by atoms with E-state index in [1.54, 1.807) is 0 Å². The maximum atomic E-state index is 12.3. The molecule has 0 aromatic carbocycles. The zero-order valence-corrected chi connectivity index (χ0v) is 6.39. The van der Waals surface area contributed by atoms with Crippen molar-refractivity contribution in [2.24, 2.45) is 5.92 Å². The molecule has 0 bridgehead atoms. The van der Waals surface area contributed by atoms with E-state index in [-0.39, 0.29) is 0 Å². The molecule has 0 aliphatic carbocycles. The molecule has 0 heterocycles. The Hall–Kier alpha value is -0.820. The molecule has 0 aliphatic rings. The predicted molar refractivity (Wildman–Crippen MR) is 30.7 cm³/mol. The highest BCUT2D eigenvalue weighted by Gasteiger charge is 2.67. The molecule has 0 atom stereocenters. The van der Waals surface area contributed by atoms with Crippen LogP contribution in [0.25, 0.3) is 0 Å². The minimum absolute atomic E-state index is 0.668. The number of rotatable bonds is 2. The molecule has 0 aromatic rings. The van der Waals surface area contributed by atoms with Gasteiger partial charge in [-0.3, -0.25) is 0 Å². The van der Waals surface area contributed by atoms with Crippen molar-refractivity contribution >= 4 is 0 Å². The Morgan fingerprint density at radius 2 is 1.07 bits per heavy atom. The topological polar surface area (TPSA) is 0 Å². The largest absolute Gasteiger partial charge is 0.406 e. The summed E-state index contributed by atoms with van der Waals surface area (Å²) < 4.78 is 94.4. The highest BCUT2D eigenvalue weighted by atomic mass is 19.4. The molecule has 0 rings (SSSR count). The van der Waals surface area contributed by atoms with E-state index in [4.69, 9.17) is 0 Å². The number of alkyl halides is 8. The molecule has 0 saturated carbocycles. The smallest absolute Gasteiger partial charge is 0.201 e. The van der Waals surface area contributed by atoms with E-state index >= 15 is 0 Å². The lowest BCUT2D eigenvalue weighted by molar-refractivity contribution is -0.327. The van der Waals surface area contributed by atoms with Crippen LogP contribution in [0.2, 0.25) is 0 Å². The maximum absolute atomic E-state index is 12.3. The SMILES string of the molecule is C=CC(F)(F)C(C(F)(F)F)C(F)(F)F. The molecule has 0 fully saturated rings. The van der Waals surface area contributed by atoms with Crippen LogP contribution >= 0.6 is 0 Å². The van der Waals surface area contributed by atoms with Gasteiger partial charge in [-0.05, 0) is 6.08 Å². The summed E-state index contributed by atoms with van der Waals surface area (Å²) in [5.41, 5.74) is 0. The maximum Gasteiger partial charge on any atom is 0.406 e. The van der Waals surface area contributed by atoms with Crippen molar-refractivity contribution in [3.8, 4) is 0 Å². The first-order chi connectivity index (χ1) is 5.93. The second kappa shape index (κ2) is 3.39. The van der Waals surface area contributed by atoms with Gasteiger partial charge in [0.15, 0.2) is 0 Å². The lowest BCUT2D eigenvalue weighted by atomic mass is 10.0. The molecule has 0 spiro atoms. The van der Waals surface area contributed by atoms with Crippen LogP contribution in [0.5, 0.6) is 0 Å². The standard InChI is InChI=1S/C6H4F8/c1-2-4(7,8)3(5(9,10)11)6(12,13)14/h2-3H,1H2. The molecule has 0 radical (unpaired) electrons. The molecule has 0 aliphatic heterocycles. The number of halogens is 8. The molecule has 0 amide bonds. The Kier molecular flexibility index (Phi) is 3.19. The van der Waals surface area contributed by atoms with E-state index in [9.17, 15) is 35.1 Å². The van der Waals surface area contributed by atoms with Crippen LogP contribution in [-0.4, -0.2) is 18.3 Å². The Morgan fingerprint density at radius 3 is 1.14 bits per heavy atom. The summed E-state index contributed by atoms with van der Waals surface area (Å²) in [5, 5.41) is 0. The van der Waals surface area contributed by atoms with Crippen LogP contribution in [0.1, 0.15) is 0 Å². The Labute approximate surface area is 73.2 Å². The average molecular weight is 228 g/mol. The average Bonchev–Trinajstić information content (AvgIpc) is 1.79. The zero-order valence-electron chi connectivity index (χ0n) is 6.39. The van der Waals surface area contributed by atoms with Crippen molar-refractivity contribution < 1.29 is 35.1 Å². The van der Waals surface area contributed by atoms with Gasteiger partial charge in [0.05, 0.1) is 0 Å². The number of allylic oxidation sites excluding steroid dienone is 1. The summed E-state index contributed by atoms with van der Waals surface area (Å²) in [6, 6.07) is 0. The highest BCUT2D eigenvalue weighted by Crippen LogP contribution is 2.48. The quantitative estimate of drug-likeness (QED) is 0.500. The molecule has 0 unspecified atom stereocenters. The van der Waals surface area contributed by atoms with E-state index < -0.39 is 30.3 Å². The fourth-order valence-electron chi connectivity index (χ4n) is 0.740. The van der Waals surface area contributed by atoms with E-state index in [1.165, 1.54) is 0 Å². The fraction of sp³-hybridized carbons (Fsp3) is 0.667. The third kappa shape index (κ3) is 2.85. The van der Waals surface area contributed by atoms with Crippen molar-refractivity contribution in [3.63, 3.8) is 0 Å². The Balaban J connectivity index is 5.24. The van der Waals surface area contributed by atoms with Crippen LogP contribution < -0.4 is 0 Å². The van der Waals surface area contributed by atoms with Gasteiger partial charge in [-0.2, -0.15) is 26.3 Å². The predicted octanol–water partition coefficient (Wildman–Crippen LogP) is 3.55. The molecule has 14 heavy (non-hydrogen) atoms. The first-order valence-electron chi connectivity index (χ1n) is 3.07. The second-order valence-corrected chi connectivity index (χ2v) is 2.39. The van der Waals surface area contributed by atoms with Crippen LogP contribution in [0, 0.1) is 5.92 Å². The first kappa shape index (κ1) is 13.2. The van der Waals surface area contributed by atoms with E-state index in [2.05, 4.69) is 6.58 Å². The highest BCUT2D eigenvalue weighted by molar-refractivity contribution is 4.98. The van der Waals surface area contributed by atoms with Crippen molar-refractivity contribution in [2.45, 2.75) is 18.3 Å². The van der Waals surface area contributed by atoms with Gasteiger partial charge in [-0.25, -0.2) is 8.78 Å². The molecule has 84 valence electrons. The minimum Gasteiger partial charge on any atom is -0.201 e. The molecule has 0 N–H and O–H groups in total. The lowest BCUT2D eigenvalue weighted by Crippen LogP contribution is -2.47. The Bertz CT molecular complexity index is 195. The van der Waals surface area contributed by atoms with Gasteiger partial charge in [-0.1, -0.05) is 6.58 Å². The van der Waals surface area contributed by atoms with Crippen LogP contribution in [0.3, 0.4) is 0 Å². The third-order valence-corrected chi connectivity index (χ3v) is 1.31. The summed E-state index contributed by atoms with van der Waals surface area (Å²) in [6.07, 6.45) is -12.8. The zero-order chi connectivity index (χ0) is 11.8. The molecule has 0 saturated heterocycles. The van der Waals surface area contributed by atoms with E-state index in [1.807, 2.05) is 0 Å². The van der Waals surface area contributed by atoms with Gasteiger partial charge in [-0.15, -0.1) is 0 Å². The van der Waals surface area contributed by atoms with Crippen molar-refractivity contribution in [3.05, 3.63) is 12.7 Å². The molecule has 0 nitrogen and oxygen atoms in total. The fourth-order valence-corrected chi connectivity index (χ4v) is 0.740. The molecule has 8 heteroatoms. The van der Waals surface area contributed by atoms with Crippen LogP contribution in [0.15, 0.2) is 12.7 Å². The summed E-state index contributed by atoms with van der Waals surface area (Å²) in [6.45, 7) is 2.23. The van der Waals surface area contributed by atoms with Gasteiger partial charge in [0.1, 0.15) is 0 Å². The summed E-state index contributed by atoms with van der Waals surface area (Å²) in [5.74, 6) is -9.77. The van der Waals surface area contributed by atoms with Crippen LogP contribution in [-0.2, 0) is 0 Å². The van der Waals surface area contributed by atoms with Crippen molar-refractivity contribution in [1.82, 2.24) is 0 Å². The minimum atomic E-state index is -6.06. The molecular weight excluding hydrogens is 224 g/mol. The number of hydrogen-bond acceptors (Lipinski definition) is 0. The monoisotopic (exact) mass is 228 g/mol. The summed E-state index contributed by atoms with van der Waals surface area (Å²) >= 11 is 0. The van der Waals surface area contributed by atoms with E-state index in [0.29, 0.717) is 0 Å². The van der Waals surface area contributed by atoms with Gasteiger partial charge in [0, 0.05) is 0 Å². The van der Waals surface area contributed by atoms with Gasteiger partial charge in [0.25, 0.3) is 5.92 Å². The third-order valence-electron chi connectivity index (χ3n) is 1.31. The lowest BCUT2D eigenvalue weighted by Gasteiger charge is -2.27. The van der Waals surface area contributed by atoms with Gasteiger partial charge >= 0.3 is 12.4 Å². The normalized spacial score (nSPS) is 14.6. The van der Waals surface area contributed by atoms with Crippen molar-refractivity contribution in [1.29, 1.82) is 0 Å². The summed E-state index contributed by atoms with van der Waals surface area (Å²) in [7, 11) is 0. The summed E-state index contributed by atoms with van der Waals surface area (Å²) in [4.78, 5) is 0. The van der Waals surface area contributed by atoms with Crippen molar-refractivity contribution in [2.75, 3.05) is 0 Å². The Morgan fingerprint density at radius 1 is 0.786 bits per heavy atom. The van der Waals surface area contributed by atoms with Gasteiger partial charge < -0.3 is 0 Å².